The standard InChI is InChI=1S/C18H12FN7/c19-14-10-21-18(26-8-2-7-22-26)12-5-4-11(9-13(12)14)23-17-16-15(24-25-17)3-1-6-20-16/h1-10H,(H2,23,24,25). The molecule has 0 bridgehead atoms. The zero-order valence-electron chi connectivity index (χ0n) is 13.4. The molecule has 5 aromatic rings. The Morgan fingerprint density at radius 2 is 2.00 bits per heavy atom. The molecule has 7 nitrogen and oxygen atoms in total. The predicted octanol–water partition coefficient (Wildman–Crippen LogP) is 3.57. The molecule has 0 amide bonds. The normalized spacial score (nSPS) is 11.3. The van der Waals surface area contributed by atoms with E-state index in [-0.39, 0.29) is 0 Å². The molecule has 0 fully saturated rings. The number of hydrogen-bond acceptors (Lipinski definition) is 5. The highest BCUT2D eigenvalue weighted by Gasteiger charge is 2.12. The van der Waals surface area contributed by atoms with E-state index in [9.17, 15) is 4.39 Å². The maximum Gasteiger partial charge on any atom is 0.178 e. The molecule has 1 aromatic carbocycles. The van der Waals surface area contributed by atoms with Crippen molar-refractivity contribution in [3.8, 4) is 5.82 Å². The summed E-state index contributed by atoms with van der Waals surface area (Å²) in [6.07, 6.45) is 6.33. The lowest BCUT2D eigenvalue weighted by atomic mass is 10.1. The van der Waals surface area contributed by atoms with Gasteiger partial charge in [0.1, 0.15) is 11.3 Å². The summed E-state index contributed by atoms with van der Waals surface area (Å²) < 4.78 is 16.0. The summed E-state index contributed by atoms with van der Waals surface area (Å²) in [5.74, 6) is 0.760. The minimum Gasteiger partial charge on any atom is -0.337 e. The van der Waals surface area contributed by atoms with Crippen molar-refractivity contribution in [2.75, 3.05) is 5.32 Å². The van der Waals surface area contributed by atoms with Gasteiger partial charge >= 0.3 is 0 Å². The molecule has 8 heteroatoms. The maximum absolute atomic E-state index is 14.4. The van der Waals surface area contributed by atoms with Gasteiger partial charge in [-0.2, -0.15) is 10.2 Å². The zero-order chi connectivity index (χ0) is 17.5. The molecule has 126 valence electrons. The van der Waals surface area contributed by atoms with Gasteiger partial charge in [-0.15, -0.1) is 0 Å². The van der Waals surface area contributed by atoms with Crippen LogP contribution >= 0.6 is 0 Å². The predicted molar refractivity (Wildman–Crippen MR) is 96.0 cm³/mol. The van der Waals surface area contributed by atoms with E-state index in [1.54, 1.807) is 35.4 Å². The van der Waals surface area contributed by atoms with Gasteiger partial charge < -0.3 is 5.32 Å². The van der Waals surface area contributed by atoms with Gasteiger partial charge in [0.05, 0.1) is 11.7 Å². The Kier molecular flexibility index (Phi) is 3.14. The Bertz CT molecular complexity index is 1230. The molecule has 4 aromatic heterocycles. The Morgan fingerprint density at radius 1 is 1.04 bits per heavy atom. The van der Waals surface area contributed by atoms with Crippen molar-refractivity contribution in [2.45, 2.75) is 0 Å². The van der Waals surface area contributed by atoms with E-state index in [1.165, 1.54) is 6.20 Å². The van der Waals surface area contributed by atoms with E-state index in [0.717, 1.165) is 11.0 Å². The molecule has 0 saturated heterocycles. The summed E-state index contributed by atoms with van der Waals surface area (Å²) in [6.45, 7) is 0. The summed E-state index contributed by atoms with van der Waals surface area (Å²) in [6, 6.07) is 10.9. The highest BCUT2D eigenvalue weighted by atomic mass is 19.1. The Hall–Kier alpha value is -3.81. The summed E-state index contributed by atoms with van der Waals surface area (Å²) in [5.41, 5.74) is 2.25. The molecule has 5 rings (SSSR count). The smallest absolute Gasteiger partial charge is 0.178 e. The van der Waals surface area contributed by atoms with Crippen LogP contribution in [0, 0.1) is 5.82 Å². The number of nitrogens with one attached hydrogen (secondary N) is 2. The molecular formula is C18H12FN7. The van der Waals surface area contributed by atoms with E-state index < -0.39 is 5.82 Å². The van der Waals surface area contributed by atoms with Crippen molar-refractivity contribution in [3.63, 3.8) is 0 Å². The van der Waals surface area contributed by atoms with Crippen molar-refractivity contribution in [2.24, 2.45) is 0 Å². The number of aromatic nitrogens is 6. The topological polar surface area (TPSA) is 84.3 Å². The lowest BCUT2D eigenvalue weighted by molar-refractivity contribution is 0.632. The number of nitrogens with zero attached hydrogens (tertiary/aromatic N) is 5. The number of hydrogen-bond donors (Lipinski definition) is 2. The minimum absolute atomic E-state index is 0.399. The summed E-state index contributed by atoms with van der Waals surface area (Å²) in [4.78, 5) is 8.49. The Labute approximate surface area is 146 Å². The molecule has 0 saturated carbocycles. The van der Waals surface area contributed by atoms with Gasteiger partial charge in [-0.25, -0.2) is 14.1 Å². The fraction of sp³-hybridized carbons (Fsp3) is 0. The number of aromatic amines is 1. The molecular weight excluding hydrogens is 333 g/mol. The number of halogens is 1. The molecule has 0 radical (unpaired) electrons. The highest BCUT2D eigenvalue weighted by molar-refractivity contribution is 5.93. The fourth-order valence-corrected chi connectivity index (χ4v) is 2.93. The van der Waals surface area contributed by atoms with Crippen LogP contribution in [0.2, 0.25) is 0 Å². The summed E-state index contributed by atoms with van der Waals surface area (Å²) in [5, 5.41) is 15.6. The number of rotatable bonds is 3. The minimum atomic E-state index is -0.399. The van der Waals surface area contributed by atoms with Crippen molar-refractivity contribution in [1.29, 1.82) is 0 Å². The number of benzene rings is 1. The van der Waals surface area contributed by atoms with E-state index in [1.807, 2.05) is 24.3 Å². The van der Waals surface area contributed by atoms with Crippen molar-refractivity contribution < 1.29 is 4.39 Å². The number of pyridine rings is 2. The van der Waals surface area contributed by atoms with Crippen LogP contribution in [0.3, 0.4) is 0 Å². The molecule has 0 aliphatic rings. The lowest BCUT2D eigenvalue weighted by Gasteiger charge is -2.09. The maximum atomic E-state index is 14.4. The first-order valence-electron chi connectivity index (χ1n) is 7.94. The van der Waals surface area contributed by atoms with E-state index in [4.69, 9.17) is 0 Å². The van der Waals surface area contributed by atoms with Crippen LogP contribution in [0.5, 0.6) is 0 Å². The Balaban J connectivity index is 1.61. The third-order valence-electron chi connectivity index (χ3n) is 4.12. The average molecular weight is 345 g/mol. The monoisotopic (exact) mass is 345 g/mol. The van der Waals surface area contributed by atoms with Crippen molar-refractivity contribution >= 4 is 33.3 Å². The van der Waals surface area contributed by atoms with Crippen LogP contribution in [-0.4, -0.2) is 29.9 Å². The van der Waals surface area contributed by atoms with Crippen LogP contribution in [0.15, 0.2) is 61.2 Å². The third kappa shape index (κ3) is 2.27. The van der Waals surface area contributed by atoms with Crippen molar-refractivity contribution in [1.82, 2.24) is 29.9 Å². The highest BCUT2D eigenvalue weighted by Crippen LogP contribution is 2.28. The van der Waals surface area contributed by atoms with Gasteiger partial charge in [0.15, 0.2) is 11.6 Å². The molecule has 0 aliphatic carbocycles. The SMILES string of the molecule is Fc1cnc(-n2cccn2)c2ccc(Nc3n[nH]c4cccnc34)cc12. The molecule has 0 unspecified atom stereocenters. The lowest BCUT2D eigenvalue weighted by Crippen LogP contribution is -2.01. The van der Waals surface area contributed by atoms with Gasteiger partial charge in [0, 0.05) is 35.1 Å². The fourth-order valence-electron chi connectivity index (χ4n) is 2.93. The second-order valence-electron chi connectivity index (χ2n) is 5.74. The van der Waals surface area contributed by atoms with Crippen LogP contribution in [0.25, 0.3) is 27.6 Å². The number of H-pyrrole nitrogens is 1. The molecule has 0 spiro atoms. The van der Waals surface area contributed by atoms with Crippen LogP contribution in [0.1, 0.15) is 0 Å². The first kappa shape index (κ1) is 14.5. The van der Waals surface area contributed by atoms with Gasteiger partial charge in [0.2, 0.25) is 0 Å². The number of anilines is 2. The van der Waals surface area contributed by atoms with Crippen LogP contribution in [0.4, 0.5) is 15.9 Å². The molecule has 0 atom stereocenters. The Morgan fingerprint density at radius 3 is 2.88 bits per heavy atom. The molecule has 2 N–H and O–H groups in total. The first-order chi connectivity index (χ1) is 12.8. The van der Waals surface area contributed by atoms with E-state index in [2.05, 4.69) is 30.6 Å². The molecule has 4 heterocycles. The van der Waals surface area contributed by atoms with Crippen LogP contribution < -0.4 is 5.32 Å². The number of fused-ring (bicyclic) bond motifs is 2. The third-order valence-corrected chi connectivity index (χ3v) is 4.12. The largest absolute Gasteiger partial charge is 0.337 e. The van der Waals surface area contributed by atoms with Gasteiger partial charge in [-0.1, -0.05) is 0 Å². The second kappa shape index (κ2) is 5.62. The average Bonchev–Trinajstić information content (AvgIpc) is 3.33. The van der Waals surface area contributed by atoms with Gasteiger partial charge in [-0.3, -0.25) is 10.1 Å². The first-order valence-corrected chi connectivity index (χ1v) is 7.94. The van der Waals surface area contributed by atoms with E-state index >= 15 is 0 Å². The second-order valence-corrected chi connectivity index (χ2v) is 5.74. The molecule has 0 aliphatic heterocycles. The van der Waals surface area contributed by atoms with Gasteiger partial charge in [-0.05, 0) is 36.4 Å². The summed E-state index contributed by atoms with van der Waals surface area (Å²) in [7, 11) is 0. The van der Waals surface area contributed by atoms with Gasteiger partial charge in [0.25, 0.3) is 0 Å². The zero-order valence-corrected chi connectivity index (χ0v) is 13.4. The quantitative estimate of drug-likeness (QED) is 0.522. The summed E-state index contributed by atoms with van der Waals surface area (Å²) >= 11 is 0. The van der Waals surface area contributed by atoms with E-state index in [0.29, 0.717) is 28.1 Å². The molecule has 26 heavy (non-hydrogen) atoms. The van der Waals surface area contributed by atoms with Crippen LogP contribution in [-0.2, 0) is 0 Å². The van der Waals surface area contributed by atoms with Crippen molar-refractivity contribution in [3.05, 3.63) is 67.0 Å².